The van der Waals surface area contributed by atoms with Gasteiger partial charge in [-0.2, -0.15) is 0 Å². The maximum absolute atomic E-state index is 3.43. The maximum atomic E-state index is 3.43. The summed E-state index contributed by atoms with van der Waals surface area (Å²) in [6.45, 7) is 6.96. The maximum Gasteiger partial charge on any atom is -0.0150 e. The van der Waals surface area contributed by atoms with Crippen molar-refractivity contribution in [3.63, 3.8) is 0 Å². The summed E-state index contributed by atoms with van der Waals surface area (Å²) in [5.41, 5.74) is 0. The molecule has 1 unspecified atom stereocenters. The van der Waals surface area contributed by atoms with E-state index >= 15 is 0 Å². The summed E-state index contributed by atoms with van der Waals surface area (Å²) in [6.07, 6.45) is 55.7. The van der Waals surface area contributed by atoms with Crippen LogP contribution in [-0.4, -0.2) is 5.16 Å². The van der Waals surface area contributed by atoms with Gasteiger partial charge in [0, 0.05) is 0 Å². The van der Waals surface area contributed by atoms with Crippen molar-refractivity contribution in [3.05, 3.63) is 0 Å². The van der Waals surface area contributed by atoms with E-state index in [2.05, 4.69) is 30.0 Å². The molecule has 0 radical (unpaired) electrons. The Kier molecular flexibility index (Phi) is 37.3. The van der Waals surface area contributed by atoms with E-state index in [-0.39, 0.29) is 0 Å². The second-order valence-corrected chi connectivity index (χ2v) is 16.2. The highest BCUT2D eigenvalue weighted by atomic mass is 31.0. The molecule has 0 nitrogen and oxygen atoms in total. The van der Waals surface area contributed by atoms with Gasteiger partial charge in [-0.25, -0.2) is 0 Å². The normalized spacial score (nSPS) is 12.0. The summed E-state index contributed by atoms with van der Waals surface area (Å²) in [5, 5.41) is 0.539. The van der Waals surface area contributed by atoms with Gasteiger partial charge in [-0.1, -0.05) is 245 Å². The van der Waals surface area contributed by atoms with Crippen LogP contribution in [0.3, 0.4) is 0 Å². The third kappa shape index (κ3) is 35.1. The summed E-state index contributed by atoms with van der Waals surface area (Å²) in [5.74, 6) is 0. The monoisotopic (exact) mass is 623 g/mol. The molecule has 0 fully saturated rings. The fourth-order valence-corrected chi connectivity index (χ4v) is 7.76. The zero-order valence-corrected chi connectivity index (χ0v) is 32.1. The Morgan fingerprint density at radius 3 is 0.535 bits per heavy atom. The van der Waals surface area contributed by atoms with E-state index in [4.69, 9.17) is 0 Å². The predicted molar refractivity (Wildman–Crippen MR) is 205 cm³/mol. The van der Waals surface area contributed by atoms with Crippen LogP contribution in [-0.2, 0) is 0 Å². The van der Waals surface area contributed by atoms with Gasteiger partial charge < -0.3 is 0 Å². The Morgan fingerprint density at radius 2 is 0.372 bits per heavy atom. The second kappa shape index (κ2) is 36.9. The summed E-state index contributed by atoms with van der Waals surface area (Å²) in [4.78, 5) is 0. The van der Waals surface area contributed by atoms with E-state index in [1.54, 1.807) is 0 Å². The summed E-state index contributed by atoms with van der Waals surface area (Å²) in [7, 11) is 3.43. The van der Waals surface area contributed by atoms with Crippen molar-refractivity contribution in [1.29, 1.82) is 0 Å². The lowest BCUT2D eigenvalue weighted by Crippen LogP contribution is -2.20. The topological polar surface area (TPSA) is 0 Å². The van der Waals surface area contributed by atoms with E-state index in [9.17, 15) is 0 Å². The third-order valence-corrected chi connectivity index (χ3v) is 11.2. The molecule has 0 bridgehead atoms. The minimum Gasteiger partial charge on any atom is -0.131 e. The summed E-state index contributed by atoms with van der Waals surface area (Å²) >= 11 is 0. The van der Waals surface area contributed by atoms with Crippen molar-refractivity contribution in [1.82, 2.24) is 0 Å². The van der Waals surface area contributed by atoms with Crippen LogP contribution in [0, 0.1) is 0 Å². The molecule has 1 atom stereocenters. The molecule has 1 heteroatoms. The molecule has 260 valence electrons. The molecule has 0 amide bonds. The van der Waals surface area contributed by atoms with Crippen LogP contribution in [0.25, 0.3) is 0 Å². The molecule has 0 heterocycles. The molecule has 0 aromatic heterocycles. The molecular formula is C42H87P. The van der Waals surface area contributed by atoms with Crippen molar-refractivity contribution < 1.29 is 0 Å². The van der Waals surface area contributed by atoms with E-state index in [0.29, 0.717) is 5.16 Å². The average molecular weight is 623 g/mol. The standard InChI is InChI=1S/C42H87P/c1-4-7-10-13-16-19-22-23-24-25-26-29-32-35-38-41-42(43,39-36-33-30-27-20-17-14-11-8-5-2)40-37-34-31-28-21-18-15-12-9-6-3/h4-41,43H2,1-3H3. The quantitative estimate of drug-likeness (QED) is 0.0475. The Labute approximate surface area is 278 Å². The van der Waals surface area contributed by atoms with Gasteiger partial charge in [0.25, 0.3) is 0 Å². The molecule has 43 heavy (non-hydrogen) atoms. The zero-order valence-electron chi connectivity index (χ0n) is 30.9. The molecule has 0 N–H and O–H groups in total. The Balaban J connectivity index is 4.01. The molecule has 0 aliphatic heterocycles. The molecule has 0 aromatic rings. The van der Waals surface area contributed by atoms with E-state index in [1.165, 1.54) is 244 Å². The second-order valence-electron chi connectivity index (χ2n) is 14.9. The van der Waals surface area contributed by atoms with Crippen LogP contribution in [0.15, 0.2) is 0 Å². The molecule has 0 saturated heterocycles. The first-order chi connectivity index (χ1) is 21.2. The third-order valence-electron chi connectivity index (χ3n) is 10.3. The van der Waals surface area contributed by atoms with Crippen LogP contribution in [0.5, 0.6) is 0 Å². The van der Waals surface area contributed by atoms with Crippen LogP contribution >= 0.6 is 9.24 Å². The SMILES string of the molecule is CCCCCCCCCCCCCCCCCC(P)(CCCCCCCCCCCC)CCCCCCCCCCCC. The minimum absolute atomic E-state index is 0.539. The predicted octanol–water partition coefficient (Wildman–Crippen LogP) is 16.5. The fraction of sp³-hybridized carbons (Fsp3) is 1.00. The lowest BCUT2D eigenvalue weighted by atomic mass is 9.88. The van der Waals surface area contributed by atoms with Crippen molar-refractivity contribution >= 4 is 9.24 Å². The highest BCUT2D eigenvalue weighted by Gasteiger charge is 2.23. The number of hydrogen-bond donors (Lipinski definition) is 0. The van der Waals surface area contributed by atoms with Crippen molar-refractivity contribution in [2.75, 3.05) is 0 Å². The molecule has 0 spiro atoms. The number of hydrogen-bond acceptors (Lipinski definition) is 0. The first-order valence-electron chi connectivity index (χ1n) is 21.0. The van der Waals surface area contributed by atoms with Gasteiger partial charge in [0.15, 0.2) is 0 Å². The Hall–Kier alpha value is 0.430. The van der Waals surface area contributed by atoms with Gasteiger partial charge in [-0.15, -0.1) is 9.24 Å². The van der Waals surface area contributed by atoms with Gasteiger partial charge >= 0.3 is 0 Å². The van der Waals surface area contributed by atoms with Gasteiger partial charge in [0.2, 0.25) is 0 Å². The van der Waals surface area contributed by atoms with Gasteiger partial charge in [-0.3, -0.25) is 0 Å². The highest BCUT2D eigenvalue weighted by molar-refractivity contribution is 7.19. The van der Waals surface area contributed by atoms with Crippen molar-refractivity contribution in [2.45, 2.75) is 270 Å². The number of rotatable bonds is 38. The van der Waals surface area contributed by atoms with E-state index < -0.39 is 0 Å². The average Bonchev–Trinajstić information content (AvgIpc) is 3.01. The largest absolute Gasteiger partial charge is 0.131 e. The summed E-state index contributed by atoms with van der Waals surface area (Å²) < 4.78 is 0. The zero-order chi connectivity index (χ0) is 31.4. The molecule has 0 aliphatic rings. The first-order valence-corrected chi connectivity index (χ1v) is 21.5. The van der Waals surface area contributed by atoms with E-state index in [0.717, 1.165) is 0 Å². The van der Waals surface area contributed by atoms with Crippen LogP contribution in [0.1, 0.15) is 265 Å². The summed E-state index contributed by atoms with van der Waals surface area (Å²) in [6, 6.07) is 0. The minimum atomic E-state index is 0.539. The van der Waals surface area contributed by atoms with E-state index in [1.807, 2.05) is 0 Å². The van der Waals surface area contributed by atoms with Crippen LogP contribution in [0.2, 0.25) is 0 Å². The molecule has 0 rings (SSSR count). The first kappa shape index (κ1) is 43.4. The molecule has 0 aromatic carbocycles. The van der Waals surface area contributed by atoms with Crippen LogP contribution < -0.4 is 0 Å². The molecular weight excluding hydrogens is 535 g/mol. The smallest absolute Gasteiger partial charge is 0.0150 e. The molecule has 0 aliphatic carbocycles. The van der Waals surface area contributed by atoms with Crippen molar-refractivity contribution in [3.8, 4) is 0 Å². The Bertz CT molecular complexity index is 461. The van der Waals surface area contributed by atoms with Gasteiger partial charge in [0.05, 0.1) is 0 Å². The van der Waals surface area contributed by atoms with Gasteiger partial charge in [-0.05, 0) is 24.4 Å². The highest BCUT2D eigenvalue weighted by Crippen LogP contribution is 2.37. The Morgan fingerprint density at radius 1 is 0.233 bits per heavy atom. The van der Waals surface area contributed by atoms with Crippen molar-refractivity contribution in [2.24, 2.45) is 0 Å². The lowest BCUT2D eigenvalue weighted by molar-refractivity contribution is 0.401. The number of unbranched alkanes of at least 4 members (excludes halogenated alkanes) is 32. The van der Waals surface area contributed by atoms with Gasteiger partial charge in [0.1, 0.15) is 0 Å². The lowest BCUT2D eigenvalue weighted by Gasteiger charge is -2.30. The fourth-order valence-electron chi connectivity index (χ4n) is 7.15. The van der Waals surface area contributed by atoms with Crippen LogP contribution in [0.4, 0.5) is 0 Å². The molecule has 0 saturated carbocycles.